The van der Waals surface area contributed by atoms with Crippen molar-refractivity contribution in [2.75, 3.05) is 20.8 Å². The number of methoxy groups -OCH3 is 2. The van der Waals surface area contributed by atoms with Crippen molar-refractivity contribution in [3.8, 4) is 11.6 Å². The first-order chi connectivity index (χ1) is 6.72. The van der Waals surface area contributed by atoms with Gasteiger partial charge >= 0.3 is 0 Å². The van der Waals surface area contributed by atoms with E-state index in [9.17, 15) is 5.11 Å². The molecule has 0 aliphatic rings. The van der Waals surface area contributed by atoms with Crippen LogP contribution in [0.5, 0.6) is 11.6 Å². The minimum Gasteiger partial charge on any atom is -0.495 e. The van der Waals surface area contributed by atoms with E-state index in [1.807, 2.05) is 0 Å². The van der Waals surface area contributed by atoms with Crippen LogP contribution in [0.4, 0.5) is 0 Å². The number of ether oxygens (including phenoxy) is 2. The predicted molar refractivity (Wildman–Crippen MR) is 49.4 cm³/mol. The molecule has 14 heavy (non-hydrogen) atoms. The topological polar surface area (TPSA) is 71.8 Å². The number of aromatic nitrogens is 1. The van der Waals surface area contributed by atoms with Gasteiger partial charge in [-0.05, 0) is 0 Å². The average Bonchev–Trinajstić information content (AvgIpc) is 2.27. The van der Waals surface area contributed by atoms with Crippen LogP contribution in [0.2, 0.25) is 0 Å². The van der Waals surface area contributed by atoms with E-state index in [-0.39, 0.29) is 6.61 Å². The van der Waals surface area contributed by atoms with E-state index < -0.39 is 6.10 Å². The van der Waals surface area contributed by atoms with Crippen LogP contribution in [0.25, 0.3) is 0 Å². The van der Waals surface area contributed by atoms with E-state index in [0.717, 1.165) is 0 Å². The Morgan fingerprint density at radius 3 is 2.64 bits per heavy atom. The van der Waals surface area contributed by atoms with Gasteiger partial charge in [-0.15, -0.1) is 0 Å². The summed E-state index contributed by atoms with van der Waals surface area (Å²) < 4.78 is 9.87. The highest BCUT2D eigenvalue weighted by Gasteiger charge is 2.13. The molecule has 5 nitrogen and oxygen atoms in total. The van der Waals surface area contributed by atoms with Crippen molar-refractivity contribution in [2.45, 2.75) is 6.10 Å². The van der Waals surface area contributed by atoms with Gasteiger partial charge in [0.1, 0.15) is 11.9 Å². The third-order valence-electron chi connectivity index (χ3n) is 1.83. The average molecular weight is 199 g/mol. The Hall–Kier alpha value is -1.33. The zero-order chi connectivity index (χ0) is 10.6. The van der Waals surface area contributed by atoms with E-state index in [1.165, 1.54) is 26.5 Å². The molecule has 0 aromatic carbocycles. The summed E-state index contributed by atoms with van der Waals surface area (Å²) in [5, 5.41) is 18.3. The summed E-state index contributed by atoms with van der Waals surface area (Å²) in [5.41, 5.74) is 0.460. The summed E-state index contributed by atoms with van der Waals surface area (Å²) in [6, 6.07) is 1.53. The maximum absolute atomic E-state index is 9.45. The molecule has 0 aliphatic carbocycles. The molecule has 1 unspecified atom stereocenters. The lowest BCUT2D eigenvalue weighted by Crippen LogP contribution is -2.05. The van der Waals surface area contributed by atoms with E-state index in [4.69, 9.17) is 14.6 Å². The summed E-state index contributed by atoms with van der Waals surface area (Å²) in [4.78, 5) is 3.91. The second-order valence-corrected chi connectivity index (χ2v) is 2.67. The van der Waals surface area contributed by atoms with Crippen molar-refractivity contribution < 1.29 is 19.7 Å². The fourth-order valence-corrected chi connectivity index (χ4v) is 1.08. The number of rotatable bonds is 4. The van der Waals surface area contributed by atoms with Crippen LogP contribution in [0.1, 0.15) is 11.7 Å². The van der Waals surface area contributed by atoms with Crippen molar-refractivity contribution in [3.63, 3.8) is 0 Å². The second-order valence-electron chi connectivity index (χ2n) is 2.67. The fraction of sp³-hybridized carbons (Fsp3) is 0.444. The van der Waals surface area contributed by atoms with Gasteiger partial charge in [0.05, 0.1) is 27.0 Å². The Bertz CT molecular complexity index is 303. The fourth-order valence-electron chi connectivity index (χ4n) is 1.08. The lowest BCUT2D eigenvalue weighted by Gasteiger charge is -2.12. The molecule has 5 heteroatoms. The molecule has 78 valence electrons. The Morgan fingerprint density at radius 2 is 2.14 bits per heavy atom. The number of aliphatic hydroxyl groups excluding tert-OH is 2. The standard InChI is InChI=1S/C9H13NO4/c1-13-8-4-10-9(14-2)3-6(8)7(12)5-11/h3-4,7,11-12H,5H2,1-2H3. The minimum atomic E-state index is -0.984. The summed E-state index contributed by atoms with van der Waals surface area (Å²) >= 11 is 0. The van der Waals surface area contributed by atoms with Gasteiger partial charge in [-0.2, -0.15) is 0 Å². The molecule has 1 aromatic heterocycles. The minimum absolute atomic E-state index is 0.369. The van der Waals surface area contributed by atoms with Crippen LogP contribution in [0, 0.1) is 0 Å². The normalized spacial score (nSPS) is 12.3. The number of nitrogens with zero attached hydrogens (tertiary/aromatic N) is 1. The van der Waals surface area contributed by atoms with Gasteiger partial charge in [0.25, 0.3) is 0 Å². The van der Waals surface area contributed by atoms with Gasteiger partial charge in [0, 0.05) is 11.6 Å². The Balaban J connectivity index is 3.08. The van der Waals surface area contributed by atoms with Gasteiger partial charge in [-0.1, -0.05) is 0 Å². The van der Waals surface area contributed by atoms with Crippen molar-refractivity contribution in [1.82, 2.24) is 4.98 Å². The van der Waals surface area contributed by atoms with E-state index in [2.05, 4.69) is 4.98 Å². The lowest BCUT2D eigenvalue weighted by atomic mass is 10.1. The highest BCUT2D eigenvalue weighted by molar-refractivity contribution is 5.36. The maximum Gasteiger partial charge on any atom is 0.213 e. The van der Waals surface area contributed by atoms with Crippen molar-refractivity contribution in [1.29, 1.82) is 0 Å². The first kappa shape index (κ1) is 10.7. The Morgan fingerprint density at radius 1 is 1.43 bits per heavy atom. The maximum atomic E-state index is 9.45. The third-order valence-corrected chi connectivity index (χ3v) is 1.83. The predicted octanol–water partition coefficient (Wildman–Crippen LogP) is 0.124. The van der Waals surface area contributed by atoms with E-state index in [1.54, 1.807) is 0 Å². The SMILES string of the molecule is COc1cc(C(O)CO)c(OC)cn1. The van der Waals surface area contributed by atoms with Crippen LogP contribution in [-0.4, -0.2) is 36.0 Å². The van der Waals surface area contributed by atoms with E-state index >= 15 is 0 Å². The first-order valence-corrected chi connectivity index (χ1v) is 4.09. The Kier molecular flexibility index (Phi) is 3.67. The van der Waals surface area contributed by atoms with Crippen LogP contribution >= 0.6 is 0 Å². The zero-order valence-electron chi connectivity index (χ0n) is 8.10. The van der Waals surface area contributed by atoms with Gasteiger partial charge < -0.3 is 19.7 Å². The van der Waals surface area contributed by atoms with Crippen molar-refractivity contribution in [2.24, 2.45) is 0 Å². The van der Waals surface area contributed by atoms with Crippen LogP contribution in [-0.2, 0) is 0 Å². The van der Waals surface area contributed by atoms with Crippen LogP contribution in [0.3, 0.4) is 0 Å². The largest absolute Gasteiger partial charge is 0.495 e. The molecule has 1 heterocycles. The third kappa shape index (κ3) is 2.12. The van der Waals surface area contributed by atoms with E-state index in [0.29, 0.717) is 17.2 Å². The summed E-state index contributed by atoms with van der Waals surface area (Å²) in [6.07, 6.45) is 0.453. The molecule has 0 bridgehead atoms. The lowest BCUT2D eigenvalue weighted by molar-refractivity contribution is 0.0930. The van der Waals surface area contributed by atoms with Crippen molar-refractivity contribution >= 4 is 0 Å². The molecule has 1 rings (SSSR count). The van der Waals surface area contributed by atoms with Crippen molar-refractivity contribution in [3.05, 3.63) is 17.8 Å². The smallest absolute Gasteiger partial charge is 0.213 e. The quantitative estimate of drug-likeness (QED) is 0.720. The number of hydrogen-bond donors (Lipinski definition) is 2. The molecular weight excluding hydrogens is 186 g/mol. The summed E-state index contributed by atoms with van der Waals surface area (Å²) in [6.45, 7) is -0.372. The molecular formula is C9H13NO4. The zero-order valence-corrected chi connectivity index (χ0v) is 8.10. The molecule has 0 saturated carbocycles. The number of pyridine rings is 1. The van der Waals surface area contributed by atoms with Gasteiger partial charge in [0.2, 0.25) is 5.88 Å². The molecule has 2 N–H and O–H groups in total. The molecule has 0 spiro atoms. The second kappa shape index (κ2) is 4.78. The van der Waals surface area contributed by atoms with Crippen LogP contribution in [0.15, 0.2) is 12.3 Å². The Labute approximate surface area is 81.9 Å². The number of aliphatic hydroxyl groups is 2. The van der Waals surface area contributed by atoms with Gasteiger partial charge in [-0.3, -0.25) is 0 Å². The molecule has 0 aliphatic heterocycles. The van der Waals surface area contributed by atoms with Crippen LogP contribution < -0.4 is 9.47 Å². The summed E-state index contributed by atoms with van der Waals surface area (Å²) in [7, 11) is 2.95. The van der Waals surface area contributed by atoms with Gasteiger partial charge in [-0.25, -0.2) is 4.98 Å². The summed E-state index contributed by atoms with van der Waals surface area (Å²) in [5.74, 6) is 0.792. The molecule has 0 fully saturated rings. The first-order valence-electron chi connectivity index (χ1n) is 4.09. The highest BCUT2D eigenvalue weighted by atomic mass is 16.5. The molecule has 0 saturated heterocycles. The molecule has 1 atom stereocenters. The highest BCUT2D eigenvalue weighted by Crippen LogP contribution is 2.26. The number of hydrogen-bond acceptors (Lipinski definition) is 5. The molecule has 0 radical (unpaired) electrons. The van der Waals surface area contributed by atoms with Gasteiger partial charge in [0.15, 0.2) is 0 Å². The monoisotopic (exact) mass is 199 g/mol. The molecule has 1 aromatic rings. The molecule has 0 amide bonds.